The number of hydrogen-bond acceptors (Lipinski definition) is 8. The molecule has 0 saturated heterocycles. The fraction of sp³-hybridized carbons (Fsp3) is 0.508. The zero-order chi connectivity index (χ0) is 52.5. The van der Waals surface area contributed by atoms with Crippen molar-refractivity contribution in [2.75, 3.05) is 27.1 Å². The second kappa shape index (κ2) is 31.4. The Bertz CT molecular complexity index is 2320. The number of aliphatic hydroxyl groups excluding tert-OH is 2. The minimum absolute atomic E-state index is 0.0642. The number of aromatic carboxylic acids is 1. The van der Waals surface area contributed by atoms with Gasteiger partial charge in [-0.1, -0.05) is 138 Å². The van der Waals surface area contributed by atoms with Crippen LogP contribution in [0.25, 0.3) is 0 Å². The van der Waals surface area contributed by atoms with E-state index in [0.29, 0.717) is 34.6 Å². The van der Waals surface area contributed by atoms with Crippen LogP contribution in [0.2, 0.25) is 0 Å². The SMILES string of the molecule is CCCC1CCC(c2ccc(C(=O)O)cc2)CC1.CCCC1CCC(c2ccc(OCOCC(OC(=O)c3ccc(C4CCC(CCC)CC4)cc3)c3cccc(OC)c3)cc2)CC1.OCC(O)c1ccccc1. The summed E-state index contributed by atoms with van der Waals surface area (Å²) < 4.78 is 23.3. The molecule has 3 N–H and O–H groups in total. The van der Waals surface area contributed by atoms with Crippen molar-refractivity contribution in [3.05, 3.63) is 166 Å². The van der Waals surface area contributed by atoms with E-state index in [1.54, 1.807) is 31.4 Å². The molecule has 3 saturated carbocycles. The van der Waals surface area contributed by atoms with Crippen molar-refractivity contribution < 1.29 is 43.9 Å². The Morgan fingerprint density at radius 2 is 0.986 bits per heavy atom. The average molecular weight is 1010 g/mol. The molecule has 9 nitrogen and oxygen atoms in total. The number of ether oxygens (including phenoxy) is 4. The highest BCUT2D eigenvalue weighted by atomic mass is 16.7. The highest BCUT2D eigenvalue weighted by Gasteiger charge is 2.25. The smallest absolute Gasteiger partial charge is 0.338 e. The molecule has 5 aromatic carbocycles. The van der Waals surface area contributed by atoms with Crippen molar-refractivity contribution in [2.45, 2.75) is 166 Å². The molecule has 2 atom stereocenters. The average Bonchev–Trinajstić information content (AvgIpc) is 3.45. The Hall–Kier alpha value is -5.48. The first-order valence-corrected chi connectivity index (χ1v) is 28.0. The molecule has 0 aliphatic heterocycles. The van der Waals surface area contributed by atoms with E-state index in [-0.39, 0.29) is 26.0 Å². The molecule has 0 spiro atoms. The lowest BCUT2D eigenvalue weighted by molar-refractivity contribution is -0.0430. The van der Waals surface area contributed by atoms with Crippen LogP contribution in [0.4, 0.5) is 0 Å². The summed E-state index contributed by atoms with van der Waals surface area (Å²) in [5.74, 6) is 4.85. The topological polar surface area (TPSA) is 132 Å². The maximum Gasteiger partial charge on any atom is 0.338 e. The molecule has 3 aliphatic carbocycles. The quantitative estimate of drug-likeness (QED) is 0.0373. The summed E-state index contributed by atoms with van der Waals surface area (Å²) >= 11 is 0. The van der Waals surface area contributed by atoms with Gasteiger partial charge in [-0.15, -0.1) is 0 Å². The highest BCUT2D eigenvalue weighted by molar-refractivity contribution is 5.89. The zero-order valence-corrected chi connectivity index (χ0v) is 44.9. The third-order valence-corrected chi connectivity index (χ3v) is 15.9. The monoisotopic (exact) mass is 1010 g/mol. The van der Waals surface area contributed by atoms with Crippen molar-refractivity contribution in [3.8, 4) is 11.5 Å². The summed E-state index contributed by atoms with van der Waals surface area (Å²) in [5.41, 5.74) is 6.54. The summed E-state index contributed by atoms with van der Waals surface area (Å²) in [5, 5.41) is 26.5. The van der Waals surface area contributed by atoms with Crippen LogP contribution in [-0.2, 0) is 9.47 Å². The molecule has 74 heavy (non-hydrogen) atoms. The predicted molar refractivity (Wildman–Crippen MR) is 296 cm³/mol. The van der Waals surface area contributed by atoms with Crippen LogP contribution < -0.4 is 9.47 Å². The first-order chi connectivity index (χ1) is 36.1. The van der Waals surface area contributed by atoms with Gasteiger partial charge in [0.2, 0.25) is 0 Å². The molecule has 0 radical (unpaired) electrons. The van der Waals surface area contributed by atoms with Crippen LogP contribution in [0.15, 0.2) is 127 Å². The van der Waals surface area contributed by atoms with Crippen molar-refractivity contribution in [1.29, 1.82) is 0 Å². The van der Waals surface area contributed by atoms with E-state index in [0.717, 1.165) is 34.6 Å². The lowest BCUT2D eigenvalue weighted by Gasteiger charge is -2.28. The minimum Gasteiger partial charge on any atom is -0.497 e. The Balaban J connectivity index is 0.000000257. The molecular formula is C65H86O9. The first kappa shape index (κ1) is 57.8. The fourth-order valence-corrected chi connectivity index (χ4v) is 11.5. The highest BCUT2D eigenvalue weighted by Crippen LogP contribution is 2.40. The van der Waals surface area contributed by atoms with Gasteiger partial charge in [-0.2, -0.15) is 0 Å². The first-order valence-electron chi connectivity index (χ1n) is 28.0. The van der Waals surface area contributed by atoms with Gasteiger partial charge >= 0.3 is 11.9 Å². The number of carbonyl (C=O) groups is 2. The van der Waals surface area contributed by atoms with E-state index in [1.165, 1.54) is 132 Å². The van der Waals surface area contributed by atoms with E-state index in [2.05, 4.69) is 45.0 Å². The largest absolute Gasteiger partial charge is 0.497 e. The van der Waals surface area contributed by atoms with E-state index in [1.807, 2.05) is 78.9 Å². The third-order valence-electron chi connectivity index (χ3n) is 15.9. The Labute approximate surface area is 443 Å². The predicted octanol–water partition coefficient (Wildman–Crippen LogP) is 16.0. The van der Waals surface area contributed by atoms with E-state index in [4.69, 9.17) is 34.3 Å². The zero-order valence-electron chi connectivity index (χ0n) is 44.9. The molecule has 3 aliphatic rings. The van der Waals surface area contributed by atoms with Gasteiger partial charge in [-0.05, 0) is 189 Å². The van der Waals surface area contributed by atoms with Gasteiger partial charge < -0.3 is 34.3 Å². The number of carbonyl (C=O) groups excluding carboxylic acids is 1. The van der Waals surface area contributed by atoms with Gasteiger partial charge in [0, 0.05) is 0 Å². The van der Waals surface area contributed by atoms with E-state index in [9.17, 15) is 9.59 Å². The van der Waals surface area contributed by atoms with Gasteiger partial charge in [-0.25, -0.2) is 9.59 Å². The number of carboxylic acid groups (broad SMARTS) is 1. The summed E-state index contributed by atoms with van der Waals surface area (Å²) in [4.78, 5) is 24.1. The number of carboxylic acids is 1. The number of hydrogen-bond donors (Lipinski definition) is 3. The second-order valence-corrected chi connectivity index (χ2v) is 21.0. The van der Waals surface area contributed by atoms with E-state index < -0.39 is 18.2 Å². The molecule has 0 heterocycles. The van der Waals surface area contributed by atoms with Crippen LogP contribution >= 0.6 is 0 Å². The van der Waals surface area contributed by atoms with Crippen molar-refractivity contribution >= 4 is 11.9 Å². The molecule has 400 valence electrons. The molecule has 9 heteroatoms. The van der Waals surface area contributed by atoms with Crippen LogP contribution in [-0.4, -0.2) is 54.4 Å². The maximum absolute atomic E-state index is 13.3. The summed E-state index contributed by atoms with van der Waals surface area (Å²) in [6.45, 7) is 6.84. The van der Waals surface area contributed by atoms with Crippen LogP contribution in [0.3, 0.4) is 0 Å². The molecular weight excluding hydrogens is 925 g/mol. The Morgan fingerprint density at radius 1 is 0.541 bits per heavy atom. The van der Waals surface area contributed by atoms with Gasteiger partial charge in [0.15, 0.2) is 12.9 Å². The van der Waals surface area contributed by atoms with Crippen LogP contribution in [0, 0.1) is 17.8 Å². The summed E-state index contributed by atoms with van der Waals surface area (Å²) in [6, 6.07) is 40.6. The number of benzene rings is 5. The molecule has 5 aromatic rings. The molecule has 2 unspecified atom stereocenters. The van der Waals surface area contributed by atoms with Gasteiger partial charge in [0.05, 0.1) is 31.5 Å². The lowest BCUT2D eigenvalue weighted by Crippen LogP contribution is -2.18. The molecule has 0 aromatic heterocycles. The Morgan fingerprint density at radius 3 is 1.42 bits per heavy atom. The Kier molecular flexibility index (Phi) is 24.5. The molecule has 0 bridgehead atoms. The minimum atomic E-state index is -0.840. The number of esters is 1. The van der Waals surface area contributed by atoms with Gasteiger partial charge in [0.1, 0.15) is 17.6 Å². The van der Waals surface area contributed by atoms with Crippen molar-refractivity contribution in [1.82, 2.24) is 0 Å². The van der Waals surface area contributed by atoms with E-state index >= 15 is 0 Å². The third kappa shape index (κ3) is 18.4. The molecule has 3 fully saturated rings. The molecule has 8 rings (SSSR count). The van der Waals surface area contributed by atoms with Gasteiger partial charge in [0.25, 0.3) is 0 Å². The molecule has 0 amide bonds. The number of methoxy groups -OCH3 is 1. The lowest BCUT2D eigenvalue weighted by atomic mass is 9.77. The normalized spacial score (nSPS) is 21.3. The van der Waals surface area contributed by atoms with Crippen LogP contribution in [0.5, 0.6) is 11.5 Å². The van der Waals surface area contributed by atoms with Crippen LogP contribution in [0.1, 0.15) is 215 Å². The van der Waals surface area contributed by atoms with Crippen molar-refractivity contribution in [2.24, 2.45) is 17.8 Å². The fourth-order valence-electron chi connectivity index (χ4n) is 11.5. The van der Waals surface area contributed by atoms with Gasteiger partial charge in [-0.3, -0.25) is 0 Å². The number of rotatable bonds is 21. The standard InChI is InChI=1S/C41H54O5.C16H22O2.C8H10O2/c1-4-7-30-11-15-32(16-12-30)34-19-21-36(22-20-34)41(42)46-40(37-9-6-10-39(27-37)43-3)28-44-29-45-38-25-23-35(24-26-38)33-17-13-31(8-5-2)14-18-33;1-2-3-12-4-6-13(7-5-12)14-8-10-15(11-9-14)16(17)18;9-6-8(10)7-4-2-1-3-5-7/h6,9-10,19-27,30-33,40H,4-5,7-8,11-18,28-29H2,1-3H3;8-13H,2-7H2,1H3,(H,17,18);1-5,8-10H,6H2. The maximum atomic E-state index is 13.3. The second-order valence-electron chi connectivity index (χ2n) is 21.0. The summed E-state index contributed by atoms with van der Waals surface area (Å²) in [6.07, 6.45) is 22.1. The van der Waals surface area contributed by atoms with Crippen molar-refractivity contribution in [3.63, 3.8) is 0 Å². The number of aliphatic hydroxyl groups is 2. The summed E-state index contributed by atoms with van der Waals surface area (Å²) in [7, 11) is 1.63.